The Morgan fingerprint density at radius 2 is 1.56 bits per heavy atom. The first-order valence-corrected chi connectivity index (χ1v) is 8.24. The molecule has 0 unspecified atom stereocenters. The van der Waals surface area contributed by atoms with Crippen molar-refractivity contribution in [1.29, 1.82) is 0 Å². The third-order valence-electron chi connectivity index (χ3n) is 3.78. The normalized spacial score (nSPS) is 11.1. The van der Waals surface area contributed by atoms with Crippen LogP contribution in [0.25, 0.3) is 0 Å². The Bertz CT molecular complexity index is 706. The largest absolute Gasteiger partial charge is 0.497 e. The molecule has 0 saturated heterocycles. The highest BCUT2D eigenvalue weighted by Crippen LogP contribution is 2.13. The van der Waals surface area contributed by atoms with E-state index in [0.717, 1.165) is 29.0 Å². The average Bonchev–Trinajstić information content (AvgIpc) is 2.68. The van der Waals surface area contributed by atoms with Gasteiger partial charge in [-0.15, -0.1) is 6.58 Å². The van der Waals surface area contributed by atoms with Gasteiger partial charge in [-0.3, -0.25) is 0 Å². The molecule has 2 aromatic carbocycles. The van der Waals surface area contributed by atoms with Gasteiger partial charge in [-0.1, -0.05) is 30.0 Å². The molecule has 0 aliphatic carbocycles. The predicted octanol–water partition coefficient (Wildman–Crippen LogP) is 4.46. The minimum Gasteiger partial charge on any atom is -0.497 e. The molecule has 3 nitrogen and oxygen atoms in total. The lowest BCUT2D eigenvalue weighted by molar-refractivity contribution is 0.115. The molecule has 0 N–H and O–H groups in total. The maximum Gasteiger partial charge on any atom is 0.118 e. The first-order chi connectivity index (χ1) is 12.2. The lowest BCUT2D eigenvalue weighted by atomic mass is 10.1. The molecule has 3 heteroatoms. The fourth-order valence-corrected chi connectivity index (χ4v) is 2.22. The molecule has 25 heavy (non-hydrogen) atoms. The molecule has 0 aliphatic rings. The van der Waals surface area contributed by atoms with Gasteiger partial charge in [0.25, 0.3) is 0 Å². The molecule has 0 radical (unpaired) electrons. The number of ether oxygens (including phenoxy) is 3. The molecule has 0 aromatic heterocycles. The van der Waals surface area contributed by atoms with Crippen LogP contribution in [0.4, 0.5) is 0 Å². The van der Waals surface area contributed by atoms with E-state index >= 15 is 0 Å². The van der Waals surface area contributed by atoms with E-state index in [-0.39, 0.29) is 5.92 Å². The highest BCUT2D eigenvalue weighted by atomic mass is 16.5. The van der Waals surface area contributed by atoms with E-state index in [2.05, 4.69) is 18.4 Å². The standard InChI is InChI=1S/C22H24O3/c1-4-18(5-6-19-7-11-21(23-2)12-8-19)15-16-25-17-20-9-13-22(24-3)14-10-20/h4,7-14,18H,1,15-17H2,2-3H3/t18-/m1/s1. The Balaban J connectivity index is 1.77. The Hall–Kier alpha value is -2.70. The number of benzene rings is 2. The van der Waals surface area contributed by atoms with Gasteiger partial charge in [0.2, 0.25) is 0 Å². The van der Waals surface area contributed by atoms with E-state index in [1.807, 2.05) is 54.6 Å². The van der Waals surface area contributed by atoms with Crippen LogP contribution in [0.3, 0.4) is 0 Å². The fourth-order valence-electron chi connectivity index (χ4n) is 2.22. The highest BCUT2D eigenvalue weighted by Gasteiger charge is 2.01. The molecule has 130 valence electrons. The molecular formula is C22H24O3. The molecule has 0 amide bonds. The van der Waals surface area contributed by atoms with Crippen molar-refractivity contribution in [2.24, 2.45) is 5.92 Å². The first-order valence-electron chi connectivity index (χ1n) is 8.24. The lowest BCUT2D eigenvalue weighted by Crippen LogP contribution is -2.01. The van der Waals surface area contributed by atoms with Gasteiger partial charge < -0.3 is 14.2 Å². The van der Waals surface area contributed by atoms with Crippen LogP contribution in [-0.2, 0) is 11.3 Å². The van der Waals surface area contributed by atoms with E-state index in [9.17, 15) is 0 Å². The van der Waals surface area contributed by atoms with Crippen LogP contribution >= 0.6 is 0 Å². The topological polar surface area (TPSA) is 27.7 Å². The van der Waals surface area contributed by atoms with E-state index in [0.29, 0.717) is 13.2 Å². The van der Waals surface area contributed by atoms with Gasteiger partial charge in [0.15, 0.2) is 0 Å². The summed E-state index contributed by atoms with van der Waals surface area (Å²) in [5, 5.41) is 0. The van der Waals surface area contributed by atoms with E-state index in [1.165, 1.54) is 0 Å². The van der Waals surface area contributed by atoms with Crippen LogP contribution in [0.15, 0.2) is 61.2 Å². The molecule has 0 bridgehead atoms. The second-order valence-electron chi connectivity index (χ2n) is 5.53. The van der Waals surface area contributed by atoms with E-state index in [1.54, 1.807) is 14.2 Å². The third kappa shape index (κ3) is 6.37. The monoisotopic (exact) mass is 336 g/mol. The lowest BCUT2D eigenvalue weighted by Gasteiger charge is -2.07. The zero-order valence-corrected chi connectivity index (χ0v) is 14.8. The van der Waals surface area contributed by atoms with E-state index in [4.69, 9.17) is 14.2 Å². The van der Waals surface area contributed by atoms with Gasteiger partial charge in [0.05, 0.1) is 20.8 Å². The van der Waals surface area contributed by atoms with Crippen LogP contribution in [0, 0.1) is 17.8 Å². The molecule has 0 spiro atoms. The van der Waals surface area contributed by atoms with Gasteiger partial charge in [-0.05, 0) is 48.4 Å². The van der Waals surface area contributed by atoms with Crippen LogP contribution in [0.1, 0.15) is 17.5 Å². The van der Waals surface area contributed by atoms with Crippen molar-refractivity contribution in [3.8, 4) is 23.3 Å². The summed E-state index contributed by atoms with van der Waals surface area (Å²) in [6.07, 6.45) is 2.69. The molecular weight excluding hydrogens is 312 g/mol. The van der Waals surface area contributed by atoms with Crippen LogP contribution in [0.5, 0.6) is 11.5 Å². The first kappa shape index (κ1) is 18.6. The van der Waals surface area contributed by atoms with Gasteiger partial charge >= 0.3 is 0 Å². The zero-order valence-electron chi connectivity index (χ0n) is 14.8. The fraction of sp³-hybridized carbons (Fsp3) is 0.273. The van der Waals surface area contributed by atoms with Crippen molar-refractivity contribution >= 4 is 0 Å². The van der Waals surface area contributed by atoms with Crippen molar-refractivity contribution < 1.29 is 14.2 Å². The quantitative estimate of drug-likeness (QED) is 0.404. The minimum absolute atomic E-state index is 0.109. The molecule has 2 aromatic rings. The van der Waals surface area contributed by atoms with Gasteiger partial charge in [0, 0.05) is 18.1 Å². The van der Waals surface area contributed by atoms with E-state index < -0.39 is 0 Å². The van der Waals surface area contributed by atoms with Crippen molar-refractivity contribution in [3.63, 3.8) is 0 Å². The molecule has 2 rings (SSSR count). The van der Waals surface area contributed by atoms with Gasteiger partial charge in [-0.2, -0.15) is 0 Å². The summed E-state index contributed by atoms with van der Waals surface area (Å²) >= 11 is 0. The number of methoxy groups -OCH3 is 2. The predicted molar refractivity (Wildman–Crippen MR) is 101 cm³/mol. The molecule has 0 aliphatic heterocycles. The van der Waals surface area contributed by atoms with Crippen molar-refractivity contribution in [2.75, 3.05) is 20.8 Å². The second-order valence-corrected chi connectivity index (χ2v) is 5.53. The third-order valence-corrected chi connectivity index (χ3v) is 3.78. The van der Waals surface area contributed by atoms with Gasteiger partial charge in [0.1, 0.15) is 11.5 Å². The summed E-state index contributed by atoms with van der Waals surface area (Å²) < 4.78 is 16.0. The summed E-state index contributed by atoms with van der Waals surface area (Å²) in [5.74, 6) is 8.20. The summed E-state index contributed by atoms with van der Waals surface area (Å²) in [5.41, 5.74) is 2.09. The molecule has 0 fully saturated rings. The molecule has 0 heterocycles. The smallest absolute Gasteiger partial charge is 0.118 e. The van der Waals surface area contributed by atoms with Crippen molar-refractivity contribution in [3.05, 3.63) is 72.3 Å². The van der Waals surface area contributed by atoms with Crippen molar-refractivity contribution in [2.45, 2.75) is 13.0 Å². The zero-order chi connectivity index (χ0) is 17.9. The Kier molecular flexibility index (Phi) is 7.62. The molecule has 0 saturated carbocycles. The summed E-state index contributed by atoms with van der Waals surface area (Å²) in [6.45, 7) is 5.09. The van der Waals surface area contributed by atoms with Crippen LogP contribution in [-0.4, -0.2) is 20.8 Å². The summed E-state index contributed by atoms with van der Waals surface area (Å²) in [4.78, 5) is 0. The number of hydrogen-bond donors (Lipinski definition) is 0. The Morgan fingerprint density at radius 3 is 2.12 bits per heavy atom. The minimum atomic E-state index is 0.109. The summed E-state index contributed by atoms with van der Waals surface area (Å²) in [7, 11) is 3.31. The molecule has 1 atom stereocenters. The SMILES string of the molecule is C=C[C@H](C#Cc1ccc(OC)cc1)CCOCc1ccc(OC)cc1. The number of hydrogen-bond acceptors (Lipinski definition) is 3. The number of rotatable bonds is 8. The maximum atomic E-state index is 5.73. The second kappa shape index (κ2) is 10.2. The Labute approximate surface area is 150 Å². The Morgan fingerprint density at radius 1 is 0.960 bits per heavy atom. The maximum absolute atomic E-state index is 5.73. The average molecular weight is 336 g/mol. The number of allylic oxidation sites excluding steroid dienone is 1. The highest BCUT2D eigenvalue weighted by molar-refractivity contribution is 5.38. The van der Waals surface area contributed by atoms with Crippen LogP contribution < -0.4 is 9.47 Å². The van der Waals surface area contributed by atoms with Crippen molar-refractivity contribution in [1.82, 2.24) is 0 Å². The summed E-state index contributed by atoms with van der Waals surface area (Å²) in [6, 6.07) is 15.6. The van der Waals surface area contributed by atoms with Gasteiger partial charge in [-0.25, -0.2) is 0 Å². The van der Waals surface area contributed by atoms with Crippen LogP contribution in [0.2, 0.25) is 0 Å².